The summed E-state index contributed by atoms with van der Waals surface area (Å²) in [5.41, 5.74) is 0. The monoisotopic (exact) mass is 312 g/mol. The molecule has 0 aliphatic heterocycles. The third-order valence-corrected chi connectivity index (χ3v) is 4.13. The number of carbonyl (C=O) groups excluding carboxylic acids is 2. The number of hydrogen-bond acceptors (Lipinski definition) is 4. The van der Waals surface area contributed by atoms with Crippen molar-refractivity contribution in [2.75, 3.05) is 0 Å². The molecule has 0 saturated carbocycles. The molecule has 6 nitrogen and oxygen atoms in total. The van der Waals surface area contributed by atoms with Crippen LogP contribution in [0.5, 0.6) is 0 Å². The average Bonchev–Trinajstić information content (AvgIpc) is 2.97. The van der Waals surface area contributed by atoms with Gasteiger partial charge in [0.2, 0.25) is 5.91 Å². The van der Waals surface area contributed by atoms with Gasteiger partial charge >= 0.3 is 5.97 Å². The molecule has 21 heavy (non-hydrogen) atoms. The summed E-state index contributed by atoms with van der Waals surface area (Å²) in [5.74, 6) is -2.11. The van der Waals surface area contributed by atoms with Crippen molar-refractivity contribution in [1.82, 2.24) is 10.6 Å². The van der Waals surface area contributed by atoms with Crippen molar-refractivity contribution in [3.63, 3.8) is 0 Å². The maximum absolute atomic E-state index is 12.0. The lowest BCUT2D eigenvalue weighted by Crippen LogP contribution is -2.52. The van der Waals surface area contributed by atoms with Crippen molar-refractivity contribution < 1.29 is 19.5 Å². The summed E-state index contributed by atoms with van der Waals surface area (Å²) in [4.78, 5) is 35.5. The molecule has 2 amide bonds. The van der Waals surface area contributed by atoms with E-state index in [9.17, 15) is 14.4 Å². The Bertz CT molecular complexity index is 501. The van der Waals surface area contributed by atoms with Gasteiger partial charge in [0.15, 0.2) is 0 Å². The van der Waals surface area contributed by atoms with Crippen LogP contribution in [0, 0.1) is 5.92 Å². The first kappa shape index (κ1) is 17.2. The van der Waals surface area contributed by atoms with Crippen LogP contribution in [0.3, 0.4) is 0 Å². The van der Waals surface area contributed by atoms with Crippen LogP contribution in [0.2, 0.25) is 0 Å². The highest BCUT2D eigenvalue weighted by Crippen LogP contribution is 2.10. The highest BCUT2D eigenvalue weighted by Gasteiger charge is 2.27. The van der Waals surface area contributed by atoms with Gasteiger partial charge in [-0.05, 0) is 24.3 Å². The Morgan fingerprint density at radius 3 is 2.43 bits per heavy atom. The molecule has 7 heteroatoms. The first-order chi connectivity index (χ1) is 9.86. The number of rotatable bonds is 7. The Labute approximate surface area is 127 Å². The lowest BCUT2D eigenvalue weighted by Gasteiger charge is -2.22. The van der Waals surface area contributed by atoms with E-state index in [-0.39, 0.29) is 11.8 Å². The van der Waals surface area contributed by atoms with E-state index in [4.69, 9.17) is 5.11 Å². The Hall–Kier alpha value is -1.89. The summed E-state index contributed by atoms with van der Waals surface area (Å²) in [6.07, 6.45) is 0.632. The van der Waals surface area contributed by atoms with Crippen LogP contribution >= 0.6 is 11.3 Å². The van der Waals surface area contributed by atoms with E-state index in [1.807, 2.05) is 6.92 Å². The topological polar surface area (TPSA) is 95.5 Å². The number of hydrogen-bond donors (Lipinski definition) is 3. The maximum atomic E-state index is 12.0. The van der Waals surface area contributed by atoms with Crippen LogP contribution in [-0.2, 0) is 9.59 Å². The number of nitrogens with one attached hydrogen (secondary N) is 2. The highest BCUT2D eigenvalue weighted by molar-refractivity contribution is 7.12. The van der Waals surface area contributed by atoms with E-state index < -0.39 is 24.0 Å². The number of thiophene rings is 1. The van der Waals surface area contributed by atoms with E-state index in [1.165, 1.54) is 18.3 Å². The Balaban J connectivity index is 2.61. The minimum atomic E-state index is -1.07. The molecule has 1 heterocycles. The number of amides is 2. The second kappa shape index (κ2) is 7.78. The lowest BCUT2D eigenvalue weighted by atomic mass is 9.99. The summed E-state index contributed by atoms with van der Waals surface area (Å²) < 4.78 is 0. The summed E-state index contributed by atoms with van der Waals surface area (Å²) >= 11 is 1.27. The molecule has 0 radical (unpaired) electrons. The van der Waals surface area contributed by atoms with Crippen molar-refractivity contribution in [1.29, 1.82) is 0 Å². The summed E-state index contributed by atoms with van der Waals surface area (Å²) in [7, 11) is 0. The fourth-order valence-corrected chi connectivity index (χ4v) is 2.33. The van der Waals surface area contributed by atoms with Crippen LogP contribution < -0.4 is 10.6 Å². The minimum Gasteiger partial charge on any atom is -0.480 e. The number of carbonyl (C=O) groups is 3. The Morgan fingerprint density at radius 2 is 1.95 bits per heavy atom. The molecule has 0 aliphatic carbocycles. The quantitative estimate of drug-likeness (QED) is 0.710. The van der Waals surface area contributed by atoms with Gasteiger partial charge in [-0.25, -0.2) is 4.79 Å². The van der Waals surface area contributed by atoms with Crippen molar-refractivity contribution >= 4 is 29.1 Å². The summed E-state index contributed by atoms with van der Waals surface area (Å²) in [6.45, 7) is 5.14. The van der Waals surface area contributed by atoms with Crippen LogP contribution in [-0.4, -0.2) is 35.0 Å². The first-order valence-electron chi connectivity index (χ1n) is 6.74. The van der Waals surface area contributed by atoms with Crippen LogP contribution in [0.4, 0.5) is 0 Å². The standard InChI is InChI=1S/C14H20N2O4S/c1-4-8(2)11(14(19)20)16-12(17)9(3)15-13(18)10-6-5-7-21-10/h5-9,11H,4H2,1-3H3,(H,15,18)(H,16,17)(H,19,20)/t8-,9?,11-/m0/s1. The van der Waals surface area contributed by atoms with Gasteiger partial charge in [0, 0.05) is 0 Å². The molecule has 0 aromatic carbocycles. The van der Waals surface area contributed by atoms with E-state index in [1.54, 1.807) is 24.4 Å². The fourth-order valence-electron chi connectivity index (χ4n) is 1.70. The zero-order valence-electron chi connectivity index (χ0n) is 12.3. The second-order valence-electron chi connectivity index (χ2n) is 4.88. The predicted molar refractivity (Wildman–Crippen MR) is 80.3 cm³/mol. The van der Waals surface area contributed by atoms with Crippen molar-refractivity contribution in [2.45, 2.75) is 39.3 Å². The normalized spacial score (nSPS) is 14.8. The van der Waals surface area contributed by atoms with Crippen LogP contribution in [0.15, 0.2) is 17.5 Å². The molecule has 1 aromatic rings. The van der Waals surface area contributed by atoms with E-state index in [0.29, 0.717) is 11.3 Å². The molecular weight excluding hydrogens is 292 g/mol. The first-order valence-corrected chi connectivity index (χ1v) is 7.62. The van der Waals surface area contributed by atoms with Gasteiger partial charge in [-0.15, -0.1) is 11.3 Å². The average molecular weight is 312 g/mol. The molecule has 0 aliphatic rings. The molecule has 0 saturated heterocycles. The third-order valence-electron chi connectivity index (χ3n) is 3.26. The minimum absolute atomic E-state index is 0.188. The number of carboxylic acids is 1. The van der Waals surface area contributed by atoms with Crippen molar-refractivity contribution in [2.24, 2.45) is 5.92 Å². The predicted octanol–water partition coefficient (Wildman–Crippen LogP) is 1.48. The van der Waals surface area contributed by atoms with Gasteiger partial charge in [-0.1, -0.05) is 26.3 Å². The SMILES string of the molecule is CC[C@H](C)[C@H](NC(=O)C(C)NC(=O)c1cccs1)C(=O)O. The number of aliphatic carboxylic acids is 1. The molecule has 0 spiro atoms. The fraction of sp³-hybridized carbons (Fsp3) is 0.500. The Kier molecular flexibility index (Phi) is 6.36. The molecular formula is C14H20N2O4S. The van der Waals surface area contributed by atoms with E-state index in [2.05, 4.69) is 10.6 Å². The van der Waals surface area contributed by atoms with Crippen LogP contribution in [0.25, 0.3) is 0 Å². The van der Waals surface area contributed by atoms with E-state index in [0.717, 1.165) is 0 Å². The van der Waals surface area contributed by atoms with Gasteiger partial charge in [0.05, 0.1) is 4.88 Å². The largest absolute Gasteiger partial charge is 0.480 e. The van der Waals surface area contributed by atoms with Gasteiger partial charge in [-0.3, -0.25) is 9.59 Å². The molecule has 0 bridgehead atoms. The maximum Gasteiger partial charge on any atom is 0.326 e. The molecule has 1 unspecified atom stereocenters. The molecule has 1 aromatic heterocycles. The number of carboxylic acid groups (broad SMARTS) is 1. The van der Waals surface area contributed by atoms with Gasteiger partial charge in [0.1, 0.15) is 12.1 Å². The molecule has 116 valence electrons. The van der Waals surface area contributed by atoms with E-state index >= 15 is 0 Å². The third kappa shape index (κ3) is 4.86. The molecule has 0 fully saturated rings. The van der Waals surface area contributed by atoms with Gasteiger partial charge in [-0.2, -0.15) is 0 Å². The summed E-state index contributed by atoms with van der Waals surface area (Å²) in [5, 5.41) is 15.9. The van der Waals surface area contributed by atoms with Gasteiger partial charge < -0.3 is 15.7 Å². The van der Waals surface area contributed by atoms with Gasteiger partial charge in [0.25, 0.3) is 5.91 Å². The molecule has 3 atom stereocenters. The zero-order valence-corrected chi connectivity index (χ0v) is 13.1. The van der Waals surface area contributed by atoms with Crippen molar-refractivity contribution in [3.05, 3.63) is 22.4 Å². The Morgan fingerprint density at radius 1 is 1.29 bits per heavy atom. The second-order valence-corrected chi connectivity index (χ2v) is 5.83. The molecule has 3 N–H and O–H groups in total. The lowest BCUT2D eigenvalue weighted by molar-refractivity contribution is -0.143. The zero-order chi connectivity index (χ0) is 16.0. The summed E-state index contributed by atoms with van der Waals surface area (Å²) in [6, 6.07) is 1.64. The molecule has 1 rings (SSSR count). The van der Waals surface area contributed by atoms with Crippen LogP contribution in [0.1, 0.15) is 36.9 Å². The van der Waals surface area contributed by atoms with Crippen molar-refractivity contribution in [3.8, 4) is 0 Å². The smallest absolute Gasteiger partial charge is 0.326 e. The highest BCUT2D eigenvalue weighted by atomic mass is 32.1.